The first-order chi connectivity index (χ1) is 9.70. The van der Waals surface area contributed by atoms with E-state index in [1.54, 1.807) is 7.11 Å². The summed E-state index contributed by atoms with van der Waals surface area (Å²) in [4.78, 5) is 2.33. The van der Waals surface area contributed by atoms with Crippen molar-refractivity contribution >= 4 is 0 Å². The minimum Gasteiger partial charge on any atom is -0.496 e. The number of aliphatic hydroxyl groups is 1. The quantitative estimate of drug-likeness (QED) is 0.798. The van der Waals surface area contributed by atoms with E-state index in [1.807, 2.05) is 18.2 Å². The Balaban J connectivity index is 1.80. The molecule has 0 saturated carbocycles. The molecular formula is C16H26N2O2. The monoisotopic (exact) mass is 278 g/mol. The molecule has 0 bridgehead atoms. The van der Waals surface area contributed by atoms with Gasteiger partial charge < -0.3 is 20.1 Å². The second-order valence-corrected chi connectivity index (χ2v) is 5.53. The molecular weight excluding hydrogens is 252 g/mol. The number of hydrogen-bond acceptors (Lipinski definition) is 4. The van der Waals surface area contributed by atoms with Crippen LogP contribution in [0.4, 0.5) is 0 Å². The SMILES string of the molecule is COc1ccccc1[C@H](C)NCC(O)CN1CCCC1. The van der Waals surface area contributed by atoms with Crippen molar-refractivity contribution in [2.75, 3.05) is 33.3 Å². The lowest BCUT2D eigenvalue weighted by molar-refractivity contribution is 0.121. The Morgan fingerprint density at radius 2 is 2.00 bits per heavy atom. The van der Waals surface area contributed by atoms with Gasteiger partial charge in [0.25, 0.3) is 0 Å². The topological polar surface area (TPSA) is 44.7 Å². The first kappa shape index (κ1) is 15.3. The summed E-state index contributed by atoms with van der Waals surface area (Å²) in [6.07, 6.45) is 2.21. The van der Waals surface area contributed by atoms with Gasteiger partial charge in [-0.3, -0.25) is 0 Å². The highest BCUT2D eigenvalue weighted by Gasteiger charge is 2.17. The Labute approximate surface area is 121 Å². The van der Waals surface area contributed by atoms with Gasteiger partial charge in [0.2, 0.25) is 0 Å². The van der Waals surface area contributed by atoms with Crippen LogP contribution >= 0.6 is 0 Å². The van der Waals surface area contributed by atoms with Crippen molar-refractivity contribution in [3.63, 3.8) is 0 Å². The normalized spacial score (nSPS) is 18.9. The Morgan fingerprint density at radius 1 is 1.30 bits per heavy atom. The Morgan fingerprint density at radius 3 is 2.70 bits per heavy atom. The zero-order chi connectivity index (χ0) is 14.4. The molecule has 1 aromatic rings. The highest BCUT2D eigenvalue weighted by molar-refractivity contribution is 5.35. The van der Waals surface area contributed by atoms with E-state index in [2.05, 4.69) is 23.2 Å². The molecule has 1 fully saturated rings. The fraction of sp³-hybridized carbons (Fsp3) is 0.625. The van der Waals surface area contributed by atoms with E-state index < -0.39 is 0 Å². The summed E-state index contributed by atoms with van der Waals surface area (Å²) in [5.41, 5.74) is 1.13. The number of aliphatic hydroxyl groups excluding tert-OH is 1. The van der Waals surface area contributed by atoms with Crippen LogP contribution in [0.5, 0.6) is 5.75 Å². The Hall–Kier alpha value is -1.10. The number of benzene rings is 1. The zero-order valence-electron chi connectivity index (χ0n) is 12.5. The van der Waals surface area contributed by atoms with Gasteiger partial charge in [-0.15, -0.1) is 0 Å². The third-order valence-corrected chi connectivity index (χ3v) is 3.93. The van der Waals surface area contributed by atoms with E-state index in [9.17, 15) is 5.11 Å². The molecule has 0 aliphatic carbocycles. The molecule has 1 heterocycles. The lowest BCUT2D eigenvalue weighted by Crippen LogP contribution is -2.37. The maximum atomic E-state index is 10.1. The van der Waals surface area contributed by atoms with Crippen LogP contribution in [0.25, 0.3) is 0 Å². The minimum atomic E-state index is -0.315. The first-order valence-electron chi connectivity index (χ1n) is 7.47. The van der Waals surface area contributed by atoms with Crippen LogP contribution in [0.15, 0.2) is 24.3 Å². The van der Waals surface area contributed by atoms with Crippen molar-refractivity contribution in [2.45, 2.75) is 31.9 Å². The van der Waals surface area contributed by atoms with Gasteiger partial charge in [-0.25, -0.2) is 0 Å². The molecule has 4 nitrogen and oxygen atoms in total. The Kier molecular flexibility index (Phi) is 5.83. The molecule has 1 aromatic carbocycles. The molecule has 0 spiro atoms. The molecule has 2 rings (SSSR count). The minimum absolute atomic E-state index is 0.166. The molecule has 1 saturated heterocycles. The molecule has 0 amide bonds. The predicted molar refractivity (Wildman–Crippen MR) is 81.1 cm³/mol. The van der Waals surface area contributed by atoms with Crippen molar-refractivity contribution in [1.29, 1.82) is 0 Å². The molecule has 1 aliphatic heterocycles. The van der Waals surface area contributed by atoms with Crippen LogP contribution in [-0.2, 0) is 0 Å². The largest absolute Gasteiger partial charge is 0.496 e. The number of ether oxygens (including phenoxy) is 1. The van der Waals surface area contributed by atoms with E-state index in [0.29, 0.717) is 6.54 Å². The molecule has 2 N–H and O–H groups in total. The second-order valence-electron chi connectivity index (χ2n) is 5.53. The van der Waals surface area contributed by atoms with Gasteiger partial charge in [0, 0.05) is 24.7 Å². The van der Waals surface area contributed by atoms with Crippen LogP contribution < -0.4 is 10.1 Å². The molecule has 4 heteroatoms. The number of nitrogens with one attached hydrogen (secondary N) is 1. The first-order valence-corrected chi connectivity index (χ1v) is 7.47. The third kappa shape index (κ3) is 4.20. The fourth-order valence-electron chi connectivity index (χ4n) is 2.77. The maximum absolute atomic E-state index is 10.1. The highest BCUT2D eigenvalue weighted by atomic mass is 16.5. The summed E-state index contributed by atoms with van der Waals surface area (Å²) in [6.45, 7) is 5.72. The van der Waals surface area contributed by atoms with Crippen LogP contribution in [0.2, 0.25) is 0 Å². The lowest BCUT2D eigenvalue weighted by Gasteiger charge is -2.22. The molecule has 1 aliphatic rings. The number of likely N-dealkylation sites (tertiary alicyclic amines) is 1. The number of hydrogen-bond donors (Lipinski definition) is 2. The molecule has 1 unspecified atom stereocenters. The molecule has 0 aromatic heterocycles. The van der Waals surface area contributed by atoms with E-state index in [4.69, 9.17) is 4.74 Å². The average Bonchev–Trinajstić information content (AvgIpc) is 2.97. The van der Waals surface area contributed by atoms with E-state index in [1.165, 1.54) is 12.8 Å². The summed E-state index contributed by atoms with van der Waals surface area (Å²) in [7, 11) is 1.69. The highest BCUT2D eigenvalue weighted by Crippen LogP contribution is 2.24. The van der Waals surface area contributed by atoms with Crippen LogP contribution in [0.1, 0.15) is 31.4 Å². The van der Waals surface area contributed by atoms with Gasteiger partial charge in [-0.05, 0) is 38.9 Å². The molecule has 0 radical (unpaired) electrons. The molecule has 2 atom stereocenters. The van der Waals surface area contributed by atoms with Gasteiger partial charge in [0.15, 0.2) is 0 Å². The van der Waals surface area contributed by atoms with Crippen LogP contribution in [0.3, 0.4) is 0 Å². The van der Waals surface area contributed by atoms with Crippen molar-refractivity contribution in [1.82, 2.24) is 10.2 Å². The fourth-order valence-corrected chi connectivity index (χ4v) is 2.77. The number of para-hydroxylation sites is 1. The number of methoxy groups -OCH3 is 1. The third-order valence-electron chi connectivity index (χ3n) is 3.93. The zero-order valence-corrected chi connectivity index (χ0v) is 12.5. The summed E-state index contributed by atoms with van der Waals surface area (Å²) in [5, 5.41) is 13.5. The van der Waals surface area contributed by atoms with Gasteiger partial charge in [-0.1, -0.05) is 18.2 Å². The summed E-state index contributed by atoms with van der Waals surface area (Å²) in [6, 6.07) is 8.17. The molecule has 112 valence electrons. The van der Waals surface area contributed by atoms with Crippen molar-refractivity contribution in [3.05, 3.63) is 29.8 Å². The van der Waals surface area contributed by atoms with E-state index in [0.717, 1.165) is 30.9 Å². The van der Waals surface area contributed by atoms with E-state index in [-0.39, 0.29) is 12.1 Å². The second kappa shape index (κ2) is 7.62. The van der Waals surface area contributed by atoms with Gasteiger partial charge in [-0.2, -0.15) is 0 Å². The summed E-state index contributed by atoms with van der Waals surface area (Å²) in [5.74, 6) is 0.890. The van der Waals surface area contributed by atoms with Gasteiger partial charge in [0.1, 0.15) is 5.75 Å². The molecule has 20 heavy (non-hydrogen) atoms. The van der Waals surface area contributed by atoms with Crippen molar-refractivity contribution in [3.8, 4) is 5.75 Å². The number of β-amino-alcohol motifs (C(OH)–C–C–N with tert-alkyl or cyclic N) is 1. The number of rotatable bonds is 7. The smallest absolute Gasteiger partial charge is 0.123 e. The standard InChI is InChI=1S/C16H26N2O2/c1-13(15-7-3-4-8-16(15)20-2)17-11-14(19)12-18-9-5-6-10-18/h3-4,7-8,13-14,17,19H,5-6,9-12H2,1-2H3/t13-,14?/m0/s1. The van der Waals surface area contributed by atoms with Crippen molar-refractivity contribution < 1.29 is 9.84 Å². The average molecular weight is 278 g/mol. The number of nitrogens with zero attached hydrogens (tertiary/aromatic N) is 1. The van der Waals surface area contributed by atoms with Gasteiger partial charge >= 0.3 is 0 Å². The van der Waals surface area contributed by atoms with Crippen molar-refractivity contribution in [2.24, 2.45) is 0 Å². The van der Waals surface area contributed by atoms with Crippen LogP contribution in [0, 0.1) is 0 Å². The summed E-state index contributed by atoms with van der Waals surface area (Å²) >= 11 is 0. The lowest BCUT2D eigenvalue weighted by atomic mass is 10.1. The Bertz CT molecular complexity index is 405. The predicted octanol–water partition coefficient (Wildman–Crippen LogP) is 1.80. The van der Waals surface area contributed by atoms with E-state index >= 15 is 0 Å². The van der Waals surface area contributed by atoms with Crippen LogP contribution in [-0.4, -0.2) is 49.4 Å². The maximum Gasteiger partial charge on any atom is 0.123 e. The van der Waals surface area contributed by atoms with Gasteiger partial charge in [0.05, 0.1) is 13.2 Å². The summed E-state index contributed by atoms with van der Waals surface area (Å²) < 4.78 is 5.37.